The van der Waals surface area contributed by atoms with E-state index in [9.17, 15) is 4.79 Å². The fraction of sp³-hybridized carbons (Fsp3) is 0.409. The molecule has 0 aromatic heterocycles. The molecule has 0 atom stereocenters. The number of ether oxygens (including phenoxy) is 1. The van der Waals surface area contributed by atoms with Gasteiger partial charge in [0.1, 0.15) is 5.75 Å². The molecule has 2 N–H and O–H groups in total. The van der Waals surface area contributed by atoms with Gasteiger partial charge in [0.15, 0.2) is 0 Å². The molecule has 29 heavy (non-hydrogen) atoms. The van der Waals surface area contributed by atoms with Crippen molar-refractivity contribution in [1.29, 1.82) is 0 Å². The van der Waals surface area contributed by atoms with E-state index in [2.05, 4.69) is 27.7 Å². The van der Waals surface area contributed by atoms with E-state index in [1.807, 2.05) is 6.07 Å². The molecular weight excluding hydrogens is 409 g/mol. The Morgan fingerprint density at radius 1 is 1.07 bits per heavy atom. The van der Waals surface area contributed by atoms with Crippen LogP contribution in [-0.2, 0) is 12.8 Å². The maximum absolute atomic E-state index is 12.5. The SMILES string of the molecule is COc1ccc(Cl)cc1NC(=O)Nc1ccc2c(c1)CCN(C1CCC1)CC2.Cl. The Kier molecular flexibility index (Phi) is 7.28. The number of anilines is 2. The lowest BCUT2D eigenvalue weighted by molar-refractivity contribution is 0.133. The van der Waals surface area contributed by atoms with Crippen molar-refractivity contribution in [2.24, 2.45) is 0 Å². The molecule has 2 aromatic rings. The Bertz CT molecular complexity index is 871. The number of methoxy groups -OCH3 is 1. The van der Waals surface area contributed by atoms with E-state index in [4.69, 9.17) is 16.3 Å². The minimum absolute atomic E-state index is 0. The van der Waals surface area contributed by atoms with E-state index in [-0.39, 0.29) is 18.4 Å². The number of halogens is 2. The smallest absolute Gasteiger partial charge is 0.323 e. The predicted molar refractivity (Wildman–Crippen MR) is 121 cm³/mol. The summed E-state index contributed by atoms with van der Waals surface area (Å²) < 4.78 is 5.28. The zero-order valence-electron chi connectivity index (χ0n) is 16.5. The number of benzene rings is 2. The third kappa shape index (κ3) is 5.16. The molecule has 1 heterocycles. The van der Waals surface area contributed by atoms with Crippen molar-refractivity contribution >= 4 is 41.4 Å². The highest BCUT2D eigenvalue weighted by Crippen LogP contribution is 2.29. The monoisotopic (exact) mass is 435 g/mol. The van der Waals surface area contributed by atoms with Crippen LogP contribution in [-0.4, -0.2) is 37.2 Å². The highest BCUT2D eigenvalue weighted by molar-refractivity contribution is 6.31. The van der Waals surface area contributed by atoms with Crippen molar-refractivity contribution in [2.45, 2.75) is 38.1 Å². The summed E-state index contributed by atoms with van der Waals surface area (Å²) in [6.07, 6.45) is 6.17. The Morgan fingerprint density at radius 2 is 1.83 bits per heavy atom. The summed E-state index contributed by atoms with van der Waals surface area (Å²) in [6, 6.07) is 11.8. The van der Waals surface area contributed by atoms with E-state index < -0.39 is 0 Å². The first-order chi connectivity index (χ1) is 13.6. The molecule has 0 radical (unpaired) electrons. The Morgan fingerprint density at radius 3 is 2.52 bits per heavy atom. The van der Waals surface area contributed by atoms with Crippen LogP contribution >= 0.6 is 24.0 Å². The first-order valence-electron chi connectivity index (χ1n) is 9.90. The van der Waals surface area contributed by atoms with E-state index in [1.54, 1.807) is 25.3 Å². The minimum Gasteiger partial charge on any atom is -0.495 e. The quantitative estimate of drug-likeness (QED) is 0.678. The van der Waals surface area contributed by atoms with Gasteiger partial charge in [-0.2, -0.15) is 0 Å². The molecule has 1 fully saturated rings. The van der Waals surface area contributed by atoms with Crippen LogP contribution in [0.15, 0.2) is 36.4 Å². The summed E-state index contributed by atoms with van der Waals surface area (Å²) in [4.78, 5) is 15.1. The van der Waals surface area contributed by atoms with Gasteiger partial charge in [-0.05, 0) is 67.1 Å². The number of carbonyl (C=O) groups excluding carboxylic acids is 1. The Hall–Kier alpha value is -1.95. The topological polar surface area (TPSA) is 53.6 Å². The lowest BCUT2D eigenvalue weighted by atomic mass is 9.91. The van der Waals surface area contributed by atoms with Gasteiger partial charge >= 0.3 is 6.03 Å². The van der Waals surface area contributed by atoms with Gasteiger partial charge in [-0.3, -0.25) is 4.90 Å². The highest BCUT2D eigenvalue weighted by atomic mass is 35.5. The summed E-state index contributed by atoms with van der Waals surface area (Å²) >= 11 is 6.03. The fourth-order valence-electron chi connectivity index (χ4n) is 4.00. The van der Waals surface area contributed by atoms with Gasteiger partial charge in [-0.25, -0.2) is 4.79 Å². The van der Waals surface area contributed by atoms with Gasteiger partial charge in [0.25, 0.3) is 0 Å². The predicted octanol–water partition coefficient (Wildman–Crippen LogP) is 5.37. The number of amides is 2. The van der Waals surface area contributed by atoms with Crippen LogP contribution in [0.4, 0.5) is 16.2 Å². The van der Waals surface area contributed by atoms with Crippen LogP contribution < -0.4 is 15.4 Å². The standard InChI is InChI=1S/C22H26ClN3O2.ClH/c1-28-21-8-6-17(23)14-20(21)25-22(27)24-18-7-5-15-9-11-26(19-3-2-4-19)12-10-16(15)13-18;/h5-8,13-14,19H,2-4,9-12H2,1H3,(H2,24,25,27);1H. The second-order valence-corrected chi connectivity index (χ2v) is 7.96. The molecule has 4 rings (SSSR count). The molecule has 2 aromatic carbocycles. The van der Waals surface area contributed by atoms with Gasteiger partial charge < -0.3 is 15.4 Å². The minimum atomic E-state index is -0.315. The van der Waals surface area contributed by atoms with Crippen molar-refractivity contribution in [3.05, 3.63) is 52.5 Å². The zero-order chi connectivity index (χ0) is 19.5. The first-order valence-corrected chi connectivity index (χ1v) is 10.3. The van der Waals surface area contributed by atoms with Crippen LogP contribution in [0, 0.1) is 0 Å². The summed E-state index contributed by atoms with van der Waals surface area (Å²) in [5, 5.41) is 6.28. The van der Waals surface area contributed by atoms with Crippen molar-refractivity contribution in [1.82, 2.24) is 4.90 Å². The first kappa shape index (κ1) is 21.8. The number of carbonyl (C=O) groups is 1. The van der Waals surface area contributed by atoms with Gasteiger partial charge in [-0.1, -0.05) is 24.1 Å². The Balaban J connectivity index is 0.00000240. The highest BCUT2D eigenvalue weighted by Gasteiger charge is 2.26. The molecule has 5 nitrogen and oxygen atoms in total. The van der Waals surface area contributed by atoms with Crippen LogP contribution in [0.3, 0.4) is 0 Å². The molecular formula is C22H27Cl2N3O2. The molecule has 7 heteroatoms. The molecule has 1 aliphatic heterocycles. The molecule has 2 amide bonds. The van der Waals surface area contributed by atoms with Crippen LogP contribution in [0.2, 0.25) is 5.02 Å². The maximum Gasteiger partial charge on any atom is 0.323 e. The maximum atomic E-state index is 12.5. The Labute approximate surface area is 183 Å². The van der Waals surface area contributed by atoms with Crippen molar-refractivity contribution in [3.63, 3.8) is 0 Å². The van der Waals surface area contributed by atoms with Crippen LogP contribution in [0.25, 0.3) is 0 Å². The van der Waals surface area contributed by atoms with E-state index in [0.29, 0.717) is 16.5 Å². The van der Waals surface area contributed by atoms with Gasteiger partial charge in [0, 0.05) is 29.8 Å². The molecule has 0 bridgehead atoms. The van der Waals surface area contributed by atoms with Crippen LogP contribution in [0.1, 0.15) is 30.4 Å². The summed E-state index contributed by atoms with van der Waals surface area (Å²) in [5.41, 5.74) is 4.07. The normalized spacial score (nSPS) is 16.6. The summed E-state index contributed by atoms with van der Waals surface area (Å²) in [6.45, 7) is 2.24. The molecule has 0 unspecified atom stereocenters. The molecule has 0 spiro atoms. The number of hydrogen-bond acceptors (Lipinski definition) is 3. The molecule has 2 aliphatic rings. The van der Waals surface area contributed by atoms with E-state index in [1.165, 1.54) is 30.4 Å². The van der Waals surface area contributed by atoms with Crippen molar-refractivity contribution in [3.8, 4) is 5.75 Å². The summed E-state index contributed by atoms with van der Waals surface area (Å²) in [7, 11) is 1.56. The second-order valence-electron chi connectivity index (χ2n) is 7.53. The number of rotatable bonds is 4. The average Bonchev–Trinajstić information content (AvgIpc) is 2.83. The number of hydrogen-bond donors (Lipinski definition) is 2. The van der Waals surface area contributed by atoms with Gasteiger partial charge in [0.05, 0.1) is 12.8 Å². The van der Waals surface area contributed by atoms with Crippen molar-refractivity contribution < 1.29 is 9.53 Å². The number of urea groups is 1. The molecule has 1 aliphatic carbocycles. The lowest BCUT2D eigenvalue weighted by Crippen LogP contribution is -2.41. The molecule has 156 valence electrons. The van der Waals surface area contributed by atoms with E-state index in [0.717, 1.165) is 37.7 Å². The third-order valence-corrected chi connectivity index (χ3v) is 6.04. The van der Waals surface area contributed by atoms with Crippen molar-refractivity contribution in [2.75, 3.05) is 30.8 Å². The fourth-order valence-corrected chi connectivity index (χ4v) is 4.17. The van der Waals surface area contributed by atoms with E-state index >= 15 is 0 Å². The van der Waals surface area contributed by atoms with Crippen LogP contribution in [0.5, 0.6) is 5.75 Å². The average molecular weight is 436 g/mol. The second kappa shape index (κ2) is 9.70. The van der Waals surface area contributed by atoms with Gasteiger partial charge in [0.2, 0.25) is 0 Å². The molecule has 1 saturated carbocycles. The lowest BCUT2D eigenvalue weighted by Gasteiger charge is -2.36. The molecule has 0 saturated heterocycles. The summed E-state index contributed by atoms with van der Waals surface area (Å²) in [5.74, 6) is 0.567. The number of nitrogens with zero attached hydrogens (tertiary/aromatic N) is 1. The third-order valence-electron chi connectivity index (χ3n) is 5.80. The van der Waals surface area contributed by atoms with Gasteiger partial charge in [-0.15, -0.1) is 12.4 Å². The zero-order valence-corrected chi connectivity index (χ0v) is 18.1. The number of nitrogens with one attached hydrogen (secondary N) is 2. The number of fused-ring (bicyclic) bond motifs is 1. The largest absolute Gasteiger partial charge is 0.495 e.